The zero-order valence-electron chi connectivity index (χ0n) is 10.4. The van der Waals surface area contributed by atoms with Gasteiger partial charge in [-0.2, -0.15) is 0 Å². The first-order chi connectivity index (χ1) is 8.66. The van der Waals surface area contributed by atoms with Crippen molar-refractivity contribution >= 4 is 5.78 Å². The number of Topliss-reactive ketones (excluding diaryl/α,β-unsaturated/α-hetero) is 1. The van der Waals surface area contributed by atoms with Gasteiger partial charge < -0.3 is 0 Å². The number of ketones is 1. The molecule has 18 heavy (non-hydrogen) atoms. The molecule has 0 radical (unpaired) electrons. The Morgan fingerprint density at radius 1 is 1.11 bits per heavy atom. The summed E-state index contributed by atoms with van der Waals surface area (Å²) in [6.45, 7) is 0. The molecule has 1 aliphatic rings. The van der Waals surface area contributed by atoms with Crippen molar-refractivity contribution in [2.45, 2.75) is 44.9 Å². The van der Waals surface area contributed by atoms with Crippen molar-refractivity contribution in [3.63, 3.8) is 0 Å². The first-order valence-corrected chi connectivity index (χ1v) is 6.65. The lowest BCUT2D eigenvalue weighted by Crippen LogP contribution is -2.10. The molecular formula is C15H18F2O. The zero-order chi connectivity index (χ0) is 13.0. The van der Waals surface area contributed by atoms with Crippen LogP contribution in [0.3, 0.4) is 0 Å². The summed E-state index contributed by atoms with van der Waals surface area (Å²) in [6.07, 6.45) is 7.14. The Morgan fingerprint density at radius 3 is 2.44 bits per heavy atom. The molecule has 0 N–H and O–H groups in total. The number of hydrogen-bond donors (Lipinski definition) is 0. The average Bonchev–Trinajstić information content (AvgIpc) is 2.61. The van der Waals surface area contributed by atoms with E-state index in [2.05, 4.69) is 0 Å². The molecule has 1 fully saturated rings. The Hall–Kier alpha value is -1.25. The Morgan fingerprint density at radius 2 is 1.78 bits per heavy atom. The van der Waals surface area contributed by atoms with Crippen LogP contribution in [0.25, 0.3) is 0 Å². The largest absolute Gasteiger partial charge is 0.294 e. The molecule has 1 nitrogen and oxygen atoms in total. The lowest BCUT2D eigenvalue weighted by atomic mass is 9.92. The van der Waals surface area contributed by atoms with E-state index >= 15 is 0 Å². The van der Waals surface area contributed by atoms with Crippen molar-refractivity contribution in [1.29, 1.82) is 0 Å². The second kappa shape index (κ2) is 6.07. The summed E-state index contributed by atoms with van der Waals surface area (Å²) in [7, 11) is 0. The quantitative estimate of drug-likeness (QED) is 0.571. The predicted octanol–water partition coefficient (Wildman–Crippen LogP) is 4.51. The lowest BCUT2D eigenvalue weighted by molar-refractivity contribution is 0.0952. The minimum atomic E-state index is -0.616. The average molecular weight is 252 g/mol. The maximum atomic E-state index is 13.5. The third kappa shape index (κ3) is 3.37. The van der Waals surface area contributed by atoms with Gasteiger partial charge in [0.1, 0.15) is 11.6 Å². The van der Waals surface area contributed by atoms with E-state index in [0.29, 0.717) is 12.3 Å². The maximum absolute atomic E-state index is 13.5. The molecule has 0 unspecified atom stereocenters. The molecule has 0 amide bonds. The van der Waals surface area contributed by atoms with Crippen LogP contribution in [0.1, 0.15) is 55.3 Å². The van der Waals surface area contributed by atoms with Gasteiger partial charge in [-0.3, -0.25) is 4.79 Å². The SMILES string of the molecule is O=C(CC1CCCCCC1)c1cc(F)ccc1F. The van der Waals surface area contributed by atoms with Crippen molar-refractivity contribution in [2.75, 3.05) is 0 Å². The topological polar surface area (TPSA) is 17.1 Å². The van der Waals surface area contributed by atoms with Gasteiger partial charge >= 0.3 is 0 Å². The fraction of sp³-hybridized carbons (Fsp3) is 0.533. The van der Waals surface area contributed by atoms with Crippen molar-refractivity contribution in [3.8, 4) is 0 Å². The highest BCUT2D eigenvalue weighted by molar-refractivity contribution is 5.96. The van der Waals surface area contributed by atoms with E-state index in [1.807, 2.05) is 0 Å². The molecule has 0 bridgehead atoms. The van der Waals surface area contributed by atoms with Crippen LogP contribution in [0.15, 0.2) is 18.2 Å². The standard InChI is InChI=1S/C15H18F2O/c16-12-7-8-14(17)13(10-12)15(18)9-11-5-3-1-2-4-6-11/h7-8,10-11H,1-6,9H2. The summed E-state index contributed by atoms with van der Waals surface area (Å²) in [6, 6.07) is 3.07. The highest BCUT2D eigenvalue weighted by atomic mass is 19.1. The molecule has 0 saturated heterocycles. The van der Waals surface area contributed by atoms with Crippen molar-refractivity contribution in [2.24, 2.45) is 5.92 Å². The van der Waals surface area contributed by atoms with Crippen LogP contribution >= 0.6 is 0 Å². The van der Waals surface area contributed by atoms with Gasteiger partial charge in [-0.25, -0.2) is 8.78 Å². The Bertz CT molecular complexity index is 421. The Balaban J connectivity index is 2.04. The van der Waals surface area contributed by atoms with Gasteiger partial charge in [-0.15, -0.1) is 0 Å². The molecule has 1 saturated carbocycles. The summed E-state index contributed by atoms with van der Waals surface area (Å²) in [5.74, 6) is -1.10. The van der Waals surface area contributed by atoms with E-state index in [-0.39, 0.29) is 11.3 Å². The summed E-state index contributed by atoms with van der Waals surface area (Å²) in [5, 5.41) is 0. The highest BCUT2D eigenvalue weighted by Crippen LogP contribution is 2.27. The number of carbonyl (C=O) groups excluding carboxylic acids is 1. The zero-order valence-corrected chi connectivity index (χ0v) is 10.4. The van der Waals surface area contributed by atoms with Crippen molar-refractivity contribution in [1.82, 2.24) is 0 Å². The van der Waals surface area contributed by atoms with E-state index in [9.17, 15) is 13.6 Å². The second-order valence-corrected chi connectivity index (χ2v) is 5.11. The molecule has 0 aromatic heterocycles. The van der Waals surface area contributed by atoms with E-state index in [1.54, 1.807) is 0 Å². The van der Waals surface area contributed by atoms with Gasteiger partial charge in [-0.1, -0.05) is 38.5 Å². The fourth-order valence-electron chi connectivity index (χ4n) is 2.65. The molecular weight excluding hydrogens is 234 g/mol. The predicted molar refractivity (Wildman–Crippen MR) is 66.5 cm³/mol. The van der Waals surface area contributed by atoms with E-state index in [1.165, 1.54) is 12.8 Å². The van der Waals surface area contributed by atoms with Crippen LogP contribution in [-0.4, -0.2) is 5.78 Å². The number of halogens is 2. The molecule has 1 aromatic carbocycles. The minimum Gasteiger partial charge on any atom is -0.294 e. The first kappa shape index (κ1) is 13.2. The maximum Gasteiger partial charge on any atom is 0.166 e. The minimum absolute atomic E-state index is 0.0979. The third-order valence-electron chi connectivity index (χ3n) is 3.68. The van der Waals surface area contributed by atoms with Gasteiger partial charge in [0.15, 0.2) is 5.78 Å². The Kier molecular flexibility index (Phi) is 4.45. The fourth-order valence-corrected chi connectivity index (χ4v) is 2.65. The van der Waals surface area contributed by atoms with E-state index in [4.69, 9.17) is 0 Å². The Labute approximate surface area is 106 Å². The van der Waals surface area contributed by atoms with Crippen LogP contribution < -0.4 is 0 Å². The summed E-state index contributed by atoms with van der Waals surface area (Å²) in [5.41, 5.74) is -0.0979. The van der Waals surface area contributed by atoms with E-state index in [0.717, 1.165) is 43.9 Å². The van der Waals surface area contributed by atoms with Gasteiger partial charge in [0.2, 0.25) is 0 Å². The summed E-state index contributed by atoms with van der Waals surface area (Å²) in [4.78, 5) is 12.0. The molecule has 3 heteroatoms. The molecule has 1 aliphatic carbocycles. The number of carbonyl (C=O) groups is 1. The van der Waals surface area contributed by atoms with Crippen LogP contribution in [-0.2, 0) is 0 Å². The van der Waals surface area contributed by atoms with Crippen LogP contribution in [0.4, 0.5) is 8.78 Å². The highest BCUT2D eigenvalue weighted by Gasteiger charge is 2.19. The lowest BCUT2D eigenvalue weighted by Gasteiger charge is -2.13. The van der Waals surface area contributed by atoms with Crippen LogP contribution in [0.2, 0.25) is 0 Å². The number of rotatable bonds is 3. The molecule has 98 valence electrons. The molecule has 0 atom stereocenters. The van der Waals surface area contributed by atoms with Crippen LogP contribution in [0.5, 0.6) is 0 Å². The van der Waals surface area contributed by atoms with Gasteiger partial charge in [-0.05, 0) is 24.1 Å². The third-order valence-corrected chi connectivity index (χ3v) is 3.68. The number of hydrogen-bond acceptors (Lipinski definition) is 1. The van der Waals surface area contributed by atoms with Crippen molar-refractivity contribution in [3.05, 3.63) is 35.4 Å². The van der Waals surface area contributed by atoms with Gasteiger partial charge in [0.05, 0.1) is 5.56 Å². The molecule has 0 heterocycles. The monoisotopic (exact) mass is 252 g/mol. The summed E-state index contributed by atoms with van der Waals surface area (Å²) >= 11 is 0. The molecule has 0 spiro atoms. The van der Waals surface area contributed by atoms with Crippen molar-refractivity contribution < 1.29 is 13.6 Å². The van der Waals surface area contributed by atoms with E-state index < -0.39 is 11.6 Å². The smallest absolute Gasteiger partial charge is 0.166 e. The summed E-state index contributed by atoms with van der Waals surface area (Å²) < 4.78 is 26.5. The number of benzene rings is 1. The van der Waals surface area contributed by atoms with Gasteiger partial charge in [0, 0.05) is 6.42 Å². The molecule has 2 rings (SSSR count). The van der Waals surface area contributed by atoms with Crippen LogP contribution in [0, 0.1) is 17.6 Å². The normalized spacial score (nSPS) is 17.4. The molecule has 0 aliphatic heterocycles. The molecule has 1 aromatic rings. The van der Waals surface area contributed by atoms with Gasteiger partial charge in [0.25, 0.3) is 0 Å². The second-order valence-electron chi connectivity index (χ2n) is 5.11. The first-order valence-electron chi connectivity index (χ1n) is 6.65.